The summed E-state index contributed by atoms with van der Waals surface area (Å²) in [6, 6.07) is 5.13. The second-order valence-corrected chi connectivity index (χ2v) is 5.39. The van der Waals surface area contributed by atoms with Crippen LogP contribution in [-0.2, 0) is 13.6 Å². The van der Waals surface area contributed by atoms with E-state index in [-0.39, 0.29) is 17.5 Å². The van der Waals surface area contributed by atoms with Crippen LogP contribution < -0.4 is 5.56 Å². The van der Waals surface area contributed by atoms with E-state index in [9.17, 15) is 9.59 Å². The van der Waals surface area contributed by atoms with Crippen molar-refractivity contribution in [1.82, 2.24) is 19.2 Å². The number of carbonyl (C=O) groups is 1. The molecule has 1 saturated heterocycles. The standard InChI is InChI=1S/C15H18N4O2/c1-17-9-5-12(10-14(17)20)15(21)19-8-2-4-13(19)11-18-7-3-6-16-18/h3,5-7,9-10,13H,2,4,8,11H2,1H3/t13-/m1/s1. The van der Waals surface area contributed by atoms with Gasteiger partial charge in [-0.15, -0.1) is 0 Å². The Morgan fingerprint density at radius 2 is 2.29 bits per heavy atom. The van der Waals surface area contributed by atoms with Crippen molar-refractivity contribution < 1.29 is 4.79 Å². The van der Waals surface area contributed by atoms with Gasteiger partial charge in [-0.2, -0.15) is 5.10 Å². The fraction of sp³-hybridized carbons (Fsp3) is 0.400. The first-order valence-corrected chi connectivity index (χ1v) is 7.10. The lowest BCUT2D eigenvalue weighted by molar-refractivity contribution is 0.0721. The molecule has 6 nitrogen and oxygen atoms in total. The van der Waals surface area contributed by atoms with E-state index < -0.39 is 0 Å². The summed E-state index contributed by atoms with van der Waals surface area (Å²) in [6.45, 7) is 1.43. The maximum atomic E-state index is 12.6. The highest BCUT2D eigenvalue weighted by Gasteiger charge is 2.29. The third kappa shape index (κ3) is 2.74. The van der Waals surface area contributed by atoms with E-state index in [1.807, 2.05) is 21.8 Å². The topological polar surface area (TPSA) is 60.1 Å². The molecular weight excluding hydrogens is 268 g/mol. The number of carbonyl (C=O) groups excluding carboxylic acids is 1. The Hall–Kier alpha value is -2.37. The van der Waals surface area contributed by atoms with E-state index in [0.29, 0.717) is 12.1 Å². The van der Waals surface area contributed by atoms with Gasteiger partial charge in [-0.3, -0.25) is 14.3 Å². The van der Waals surface area contributed by atoms with Gasteiger partial charge in [0.2, 0.25) is 0 Å². The van der Waals surface area contributed by atoms with Gasteiger partial charge in [0.25, 0.3) is 11.5 Å². The van der Waals surface area contributed by atoms with Crippen molar-refractivity contribution in [2.45, 2.75) is 25.4 Å². The highest BCUT2D eigenvalue weighted by molar-refractivity contribution is 5.94. The van der Waals surface area contributed by atoms with Crippen LogP contribution in [0.5, 0.6) is 0 Å². The fourth-order valence-corrected chi connectivity index (χ4v) is 2.76. The van der Waals surface area contributed by atoms with Gasteiger partial charge in [0.05, 0.1) is 12.6 Å². The molecule has 0 aromatic carbocycles. The summed E-state index contributed by atoms with van der Waals surface area (Å²) in [5.74, 6) is -0.0673. The normalized spacial score (nSPS) is 18.1. The number of aromatic nitrogens is 3. The molecule has 0 saturated carbocycles. The van der Waals surface area contributed by atoms with Crippen molar-refractivity contribution in [1.29, 1.82) is 0 Å². The van der Waals surface area contributed by atoms with Crippen LogP contribution in [0.4, 0.5) is 0 Å². The third-order valence-corrected chi connectivity index (χ3v) is 3.95. The molecule has 21 heavy (non-hydrogen) atoms. The fourth-order valence-electron chi connectivity index (χ4n) is 2.76. The van der Waals surface area contributed by atoms with Gasteiger partial charge < -0.3 is 9.47 Å². The number of hydrogen-bond acceptors (Lipinski definition) is 3. The number of pyridine rings is 1. The average Bonchev–Trinajstić information content (AvgIpc) is 3.13. The molecule has 0 unspecified atom stereocenters. The molecule has 2 aromatic rings. The lowest BCUT2D eigenvalue weighted by atomic mass is 10.2. The smallest absolute Gasteiger partial charge is 0.254 e. The summed E-state index contributed by atoms with van der Waals surface area (Å²) < 4.78 is 3.31. The van der Waals surface area contributed by atoms with Crippen LogP contribution in [-0.4, -0.2) is 37.7 Å². The SMILES string of the molecule is Cn1ccc(C(=O)N2CCC[C@@H]2Cn2cccn2)cc1=O. The first-order chi connectivity index (χ1) is 10.1. The second-order valence-electron chi connectivity index (χ2n) is 5.39. The Balaban J connectivity index is 1.79. The van der Waals surface area contributed by atoms with Crippen LogP contribution in [0.2, 0.25) is 0 Å². The Kier molecular flexibility index (Phi) is 3.60. The van der Waals surface area contributed by atoms with Gasteiger partial charge in [0.15, 0.2) is 0 Å². The minimum Gasteiger partial charge on any atom is -0.334 e. The van der Waals surface area contributed by atoms with Crippen LogP contribution in [0.25, 0.3) is 0 Å². The molecule has 2 aromatic heterocycles. The number of likely N-dealkylation sites (tertiary alicyclic amines) is 1. The molecule has 1 fully saturated rings. The molecule has 3 rings (SSSR count). The highest BCUT2D eigenvalue weighted by Crippen LogP contribution is 2.21. The molecule has 3 heterocycles. The third-order valence-electron chi connectivity index (χ3n) is 3.95. The quantitative estimate of drug-likeness (QED) is 0.842. The van der Waals surface area contributed by atoms with E-state index in [4.69, 9.17) is 0 Å². The Bertz CT molecular complexity index is 690. The van der Waals surface area contributed by atoms with Crippen LogP contribution >= 0.6 is 0 Å². The molecule has 1 aliphatic rings. The number of amides is 1. The number of rotatable bonds is 3. The van der Waals surface area contributed by atoms with E-state index in [2.05, 4.69) is 5.10 Å². The molecular formula is C15H18N4O2. The van der Waals surface area contributed by atoms with Crippen molar-refractivity contribution in [2.24, 2.45) is 7.05 Å². The minimum atomic E-state index is -0.163. The van der Waals surface area contributed by atoms with Crippen LogP contribution in [0.1, 0.15) is 23.2 Å². The van der Waals surface area contributed by atoms with Crippen LogP contribution in [0, 0.1) is 0 Å². The zero-order chi connectivity index (χ0) is 14.8. The zero-order valence-electron chi connectivity index (χ0n) is 12.0. The minimum absolute atomic E-state index is 0.0673. The lowest BCUT2D eigenvalue weighted by Gasteiger charge is -2.24. The van der Waals surface area contributed by atoms with Crippen LogP contribution in [0.3, 0.4) is 0 Å². The summed E-state index contributed by atoms with van der Waals surface area (Å²) in [6.07, 6.45) is 7.23. The molecule has 6 heteroatoms. The predicted molar refractivity (Wildman–Crippen MR) is 78.0 cm³/mol. The Morgan fingerprint density at radius 1 is 1.43 bits per heavy atom. The average molecular weight is 286 g/mol. The van der Waals surface area contributed by atoms with Gasteiger partial charge in [-0.1, -0.05) is 0 Å². The molecule has 1 amide bonds. The van der Waals surface area contributed by atoms with Crippen LogP contribution in [0.15, 0.2) is 41.6 Å². The summed E-state index contributed by atoms with van der Waals surface area (Å²) in [5.41, 5.74) is 0.300. The summed E-state index contributed by atoms with van der Waals surface area (Å²) >= 11 is 0. The summed E-state index contributed by atoms with van der Waals surface area (Å²) in [7, 11) is 1.67. The molecule has 110 valence electrons. The molecule has 1 aliphatic heterocycles. The molecule has 0 radical (unpaired) electrons. The Morgan fingerprint density at radius 3 is 3.00 bits per heavy atom. The summed E-state index contributed by atoms with van der Waals surface area (Å²) in [4.78, 5) is 26.1. The second kappa shape index (κ2) is 5.55. The first kappa shape index (κ1) is 13.6. The number of hydrogen-bond donors (Lipinski definition) is 0. The largest absolute Gasteiger partial charge is 0.334 e. The first-order valence-electron chi connectivity index (χ1n) is 7.10. The number of aryl methyl sites for hydroxylation is 1. The van der Waals surface area contributed by atoms with Gasteiger partial charge in [0.1, 0.15) is 0 Å². The highest BCUT2D eigenvalue weighted by atomic mass is 16.2. The molecule has 0 N–H and O–H groups in total. The van der Waals surface area contributed by atoms with Crippen molar-refractivity contribution in [2.75, 3.05) is 6.54 Å². The monoisotopic (exact) mass is 286 g/mol. The predicted octanol–water partition coefficient (Wildman–Crippen LogP) is 0.887. The van der Waals surface area contributed by atoms with Gasteiger partial charge in [-0.25, -0.2) is 0 Å². The molecule has 0 aliphatic carbocycles. The van der Waals surface area contributed by atoms with Crippen molar-refractivity contribution in [3.05, 3.63) is 52.7 Å². The van der Waals surface area contributed by atoms with Gasteiger partial charge in [0, 0.05) is 43.8 Å². The van der Waals surface area contributed by atoms with E-state index in [1.54, 1.807) is 25.5 Å². The van der Waals surface area contributed by atoms with E-state index >= 15 is 0 Å². The maximum Gasteiger partial charge on any atom is 0.254 e. The van der Waals surface area contributed by atoms with Crippen molar-refractivity contribution in [3.8, 4) is 0 Å². The Labute approximate surface area is 122 Å². The van der Waals surface area contributed by atoms with Crippen molar-refractivity contribution in [3.63, 3.8) is 0 Å². The van der Waals surface area contributed by atoms with Gasteiger partial charge >= 0.3 is 0 Å². The lowest BCUT2D eigenvalue weighted by Crippen LogP contribution is -2.38. The zero-order valence-corrected chi connectivity index (χ0v) is 12.0. The molecule has 1 atom stereocenters. The van der Waals surface area contributed by atoms with E-state index in [1.165, 1.54) is 10.6 Å². The van der Waals surface area contributed by atoms with E-state index in [0.717, 1.165) is 19.4 Å². The van der Waals surface area contributed by atoms with Gasteiger partial charge in [-0.05, 0) is 25.0 Å². The maximum absolute atomic E-state index is 12.6. The summed E-state index contributed by atoms with van der Waals surface area (Å²) in [5, 5.41) is 4.20. The molecule has 0 bridgehead atoms. The van der Waals surface area contributed by atoms with Crippen molar-refractivity contribution >= 4 is 5.91 Å². The number of nitrogens with zero attached hydrogens (tertiary/aromatic N) is 4. The molecule has 0 spiro atoms.